The average molecular weight is 220 g/mol. The standard InChI is InChI=1S/C10H8F4O/c1-2-8(15)6-4-3-5-7(11)9(6)10(12,13)14/h3-5H,2H2,1H3. The molecule has 0 saturated heterocycles. The maximum atomic E-state index is 13.0. The van der Waals surface area contributed by atoms with Gasteiger partial charge in [0.15, 0.2) is 5.78 Å². The Bertz CT molecular complexity index is 381. The van der Waals surface area contributed by atoms with Crippen LogP contribution in [0.1, 0.15) is 29.3 Å². The highest BCUT2D eigenvalue weighted by Gasteiger charge is 2.37. The normalized spacial score (nSPS) is 11.5. The second kappa shape index (κ2) is 4.00. The van der Waals surface area contributed by atoms with E-state index in [9.17, 15) is 22.4 Å². The van der Waals surface area contributed by atoms with E-state index in [4.69, 9.17) is 0 Å². The molecular formula is C10H8F4O. The van der Waals surface area contributed by atoms with Crippen LogP contribution in [0.4, 0.5) is 17.6 Å². The number of alkyl halides is 3. The number of Topliss-reactive ketones (excluding diaryl/α,β-unsaturated/α-hetero) is 1. The Morgan fingerprint density at radius 2 is 1.93 bits per heavy atom. The Morgan fingerprint density at radius 3 is 2.40 bits per heavy atom. The summed E-state index contributed by atoms with van der Waals surface area (Å²) in [6, 6.07) is 2.76. The van der Waals surface area contributed by atoms with Gasteiger partial charge in [0.25, 0.3) is 0 Å². The van der Waals surface area contributed by atoms with Crippen LogP contribution in [0.15, 0.2) is 18.2 Å². The third kappa shape index (κ3) is 2.34. The summed E-state index contributed by atoms with van der Waals surface area (Å²) in [5.41, 5.74) is -2.08. The van der Waals surface area contributed by atoms with Gasteiger partial charge in [-0.1, -0.05) is 19.1 Å². The Hall–Kier alpha value is -1.39. The fourth-order valence-electron chi connectivity index (χ4n) is 1.24. The highest BCUT2D eigenvalue weighted by molar-refractivity contribution is 5.97. The van der Waals surface area contributed by atoms with E-state index in [2.05, 4.69) is 0 Å². The summed E-state index contributed by atoms with van der Waals surface area (Å²) in [5, 5.41) is 0. The molecule has 0 N–H and O–H groups in total. The molecule has 0 unspecified atom stereocenters. The number of carbonyl (C=O) groups excluding carboxylic acids is 1. The van der Waals surface area contributed by atoms with Crippen LogP contribution in [0.25, 0.3) is 0 Å². The summed E-state index contributed by atoms with van der Waals surface area (Å²) >= 11 is 0. The molecule has 0 aromatic heterocycles. The van der Waals surface area contributed by atoms with Gasteiger partial charge >= 0.3 is 6.18 Å². The summed E-state index contributed by atoms with van der Waals surface area (Å²) in [6.45, 7) is 1.42. The summed E-state index contributed by atoms with van der Waals surface area (Å²) in [6.07, 6.45) is -4.93. The minimum Gasteiger partial charge on any atom is -0.294 e. The molecule has 15 heavy (non-hydrogen) atoms. The zero-order valence-corrected chi connectivity index (χ0v) is 7.86. The van der Waals surface area contributed by atoms with E-state index in [1.54, 1.807) is 0 Å². The fourth-order valence-corrected chi connectivity index (χ4v) is 1.24. The molecule has 0 aliphatic heterocycles. The van der Waals surface area contributed by atoms with Crippen LogP contribution in [0.5, 0.6) is 0 Å². The molecule has 5 heteroatoms. The Balaban J connectivity index is 3.40. The number of rotatable bonds is 2. The average Bonchev–Trinajstić information content (AvgIpc) is 2.14. The molecule has 0 aliphatic carbocycles. The SMILES string of the molecule is CCC(=O)c1cccc(F)c1C(F)(F)F. The van der Waals surface area contributed by atoms with Crippen molar-refractivity contribution in [3.63, 3.8) is 0 Å². The minimum absolute atomic E-state index is 0.0907. The molecule has 0 atom stereocenters. The summed E-state index contributed by atoms with van der Waals surface area (Å²) in [4.78, 5) is 11.2. The van der Waals surface area contributed by atoms with Gasteiger partial charge in [-0.3, -0.25) is 4.79 Å². The van der Waals surface area contributed by atoms with E-state index in [0.29, 0.717) is 6.07 Å². The lowest BCUT2D eigenvalue weighted by Crippen LogP contribution is -2.15. The molecule has 0 fully saturated rings. The summed E-state index contributed by atoms with van der Waals surface area (Å²) in [7, 11) is 0. The van der Waals surface area contributed by atoms with E-state index < -0.39 is 28.9 Å². The number of ketones is 1. The third-order valence-electron chi connectivity index (χ3n) is 1.92. The largest absolute Gasteiger partial charge is 0.419 e. The van der Waals surface area contributed by atoms with Crippen LogP contribution in [-0.4, -0.2) is 5.78 Å². The van der Waals surface area contributed by atoms with E-state index >= 15 is 0 Å². The number of benzene rings is 1. The molecule has 0 spiro atoms. The van der Waals surface area contributed by atoms with Crippen LogP contribution in [-0.2, 0) is 6.18 Å². The topological polar surface area (TPSA) is 17.1 Å². The highest BCUT2D eigenvalue weighted by atomic mass is 19.4. The lowest BCUT2D eigenvalue weighted by molar-refractivity contribution is -0.140. The molecule has 0 radical (unpaired) electrons. The molecule has 82 valence electrons. The van der Waals surface area contributed by atoms with Gasteiger partial charge in [-0.2, -0.15) is 13.2 Å². The summed E-state index contributed by atoms with van der Waals surface area (Å²) in [5.74, 6) is -2.14. The molecule has 0 amide bonds. The Morgan fingerprint density at radius 1 is 1.33 bits per heavy atom. The van der Waals surface area contributed by atoms with Crippen molar-refractivity contribution in [2.45, 2.75) is 19.5 Å². The van der Waals surface area contributed by atoms with Crippen molar-refractivity contribution in [2.75, 3.05) is 0 Å². The van der Waals surface area contributed by atoms with E-state index in [-0.39, 0.29) is 6.42 Å². The third-order valence-corrected chi connectivity index (χ3v) is 1.92. The zero-order valence-electron chi connectivity index (χ0n) is 7.86. The first-order chi connectivity index (χ1) is 6.88. The van der Waals surface area contributed by atoms with Crippen LogP contribution < -0.4 is 0 Å². The Kier molecular flexibility index (Phi) is 3.12. The van der Waals surface area contributed by atoms with Crippen molar-refractivity contribution in [3.05, 3.63) is 35.1 Å². The zero-order chi connectivity index (χ0) is 11.6. The van der Waals surface area contributed by atoms with Gasteiger partial charge in [-0.15, -0.1) is 0 Å². The van der Waals surface area contributed by atoms with Crippen molar-refractivity contribution in [2.24, 2.45) is 0 Å². The minimum atomic E-state index is -4.84. The molecule has 0 saturated carbocycles. The maximum Gasteiger partial charge on any atom is 0.419 e. The van der Waals surface area contributed by atoms with Crippen molar-refractivity contribution in [1.29, 1.82) is 0 Å². The van der Waals surface area contributed by atoms with E-state index in [0.717, 1.165) is 12.1 Å². The van der Waals surface area contributed by atoms with Crippen LogP contribution in [0.3, 0.4) is 0 Å². The van der Waals surface area contributed by atoms with Crippen molar-refractivity contribution in [3.8, 4) is 0 Å². The lowest BCUT2D eigenvalue weighted by Gasteiger charge is -2.11. The van der Waals surface area contributed by atoms with Crippen LogP contribution in [0, 0.1) is 5.82 Å². The lowest BCUT2D eigenvalue weighted by atomic mass is 10.0. The van der Waals surface area contributed by atoms with Crippen LogP contribution >= 0.6 is 0 Å². The number of hydrogen-bond donors (Lipinski definition) is 0. The molecular weight excluding hydrogens is 212 g/mol. The molecule has 0 aliphatic rings. The van der Waals surface area contributed by atoms with E-state index in [1.165, 1.54) is 6.92 Å². The second-order valence-corrected chi connectivity index (χ2v) is 2.94. The van der Waals surface area contributed by atoms with Crippen molar-refractivity contribution in [1.82, 2.24) is 0 Å². The highest BCUT2D eigenvalue weighted by Crippen LogP contribution is 2.34. The quantitative estimate of drug-likeness (QED) is 0.551. The van der Waals surface area contributed by atoms with Gasteiger partial charge < -0.3 is 0 Å². The molecule has 0 heterocycles. The molecule has 1 rings (SSSR count). The van der Waals surface area contributed by atoms with Gasteiger partial charge in [-0.05, 0) is 6.07 Å². The van der Waals surface area contributed by atoms with Gasteiger partial charge in [0, 0.05) is 12.0 Å². The van der Waals surface area contributed by atoms with Gasteiger partial charge in [0.1, 0.15) is 11.4 Å². The molecule has 1 aromatic rings. The number of hydrogen-bond acceptors (Lipinski definition) is 1. The predicted octanol–water partition coefficient (Wildman–Crippen LogP) is 3.44. The number of carbonyl (C=O) groups is 1. The van der Waals surface area contributed by atoms with Gasteiger partial charge in [0.2, 0.25) is 0 Å². The first-order valence-corrected chi connectivity index (χ1v) is 4.26. The summed E-state index contributed by atoms with van der Waals surface area (Å²) < 4.78 is 50.2. The smallest absolute Gasteiger partial charge is 0.294 e. The Labute approximate surface area is 83.7 Å². The van der Waals surface area contributed by atoms with Crippen molar-refractivity contribution >= 4 is 5.78 Å². The van der Waals surface area contributed by atoms with Crippen molar-refractivity contribution < 1.29 is 22.4 Å². The second-order valence-electron chi connectivity index (χ2n) is 2.94. The van der Waals surface area contributed by atoms with Crippen LogP contribution in [0.2, 0.25) is 0 Å². The maximum absolute atomic E-state index is 13.0. The first kappa shape index (κ1) is 11.7. The molecule has 1 aromatic carbocycles. The molecule has 0 bridgehead atoms. The predicted molar refractivity (Wildman–Crippen MR) is 46.0 cm³/mol. The van der Waals surface area contributed by atoms with E-state index in [1.807, 2.05) is 0 Å². The monoisotopic (exact) mass is 220 g/mol. The van der Waals surface area contributed by atoms with Gasteiger partial charge in [0.05, 0.1) is 0 Å². The fraction of sp³-hybridized carbons (Fsp3) is 0.300. The first-order valence-electron chi connectivity index (χ1n) is 4.26. The van der Waals surface area contributed by atoms with Gasteiger partial charge in [-0.25, -0.2) is 4.39 Å². The molecule has 1 nitrogen and oxygen atoms in total. The number of halogens is 4.